The highest BCUT2D eigenvalue weighted by Gasteiger charge is 2.04. The molecule has 16 heavy (non-hydrogen) atoms. The van der Waals surface area contributed by atoms with Gasteiger partial charge in [0.1, 0.15) is 5.75 Å². The van der Waals surface area contributed by atoms with Gasteiger partial charge in [-0.2, -0.15) is 8.78 Å². The van der Waals surface area contributed by atoms with Crippen LogP contribution in [0.4, 0.5) is 8.78 Å². The predicted molar refractivity (Wildman–Crippen MR) is 58.5 cm³/mol. The fraction of sp³-hybridized carbons (Fsp3) is 0.455. The lowest BCUT2D eigenvalue weighted by atomic mass is 10.2. The van der Waals surface area contributed by atoms with Crippen LogP contribution in [-0.4, -0.2) is 31.6 Å². The van der Waals surface area contributed by atoms with Crippen molar-refractivity contribution in [3.8, 4) is 5.75 Å². The number of nitrogens with zero attached hydrogens (tertiary/aromatic N) is 1. The average molecular weight is 230 g/mol. The Morgan fingerprint density at radius 3 is 2.44 bits per heavy atom. The van der Waals surface area contributed by atoms with Crippen LogP contribution in [0, 0.1) is 0 Å². The first-order valence-electron chi connectivity index (χ1n) is 5.04. The van der Waals surface area contributed by atoms with E-state index in [1.165, 1.54) is 12.1 Å². The number of rotatable bonds is 6. The number of likely N-dealkylation sites (N-methyl/N-ethyl adjacent to an activating group) is 1. The molecule has 0 amide bonds. The normalized spacial score (nSPS) is 11.1. The van der Waals surface area contributed by atoms with Crippen molar-refractivity contribution >= 4 is 0 Å². The molecule has 0 aromatic heterocycles. The molecule has 1 rings (SSSR count). The van der Waals surface area contributed by atoms with Crippen molar-refractivity contribution in [3.63, 3.8) is 0 Å². The van der Waals surface area contributed by atoms with Crippen LogP contribution in [0.15, 0.2) is 24.3 Å². The molecule has 0 atom stereocenters. The molecule has 0 fully saturated rings. The number of benzene rings is 1. The van der Waals surface area contributed by atoms with Gasteiger partial charge in [-0.3, -0.25) is 0 Å². The molecule has 5 heteroatoms. The van der Waals surface area contributed by atoms with Crippen LogP contribution in [0.5, 0.6) is 5.75 Å². The molecule has 0 bridgehead atoms. The van der Waals surface area contributed by atoms with Crippen LogP contribution >= 0.6 is 0 Å². The molecular formula is C11H16F2N2O. The molecule has 0 spiro atoms. The molecule has 0 radical (unpaired) electrons. The summed E-state index contributed by atoms with van der Waals surface area (Å²) >= 11 is 0. The molecule has 0 heterocycles. The molecule has 3 nitrogen and oxygen atoms in total. The highest BCUT2D eigenvalue weighted by Crippen LogP contribution is 2.15. The van der Waals surface area contributed by atoms with Crippen LogP contribution in [-0.2, 0) is 6.54 Å². The minimum Gasteiger partial charge on any atom is -0.435 e. The Morgan fingerprint density at radius 2 is 1.94 bits per heavy atom. The van der Waals surface area contributed by atoms with Crippen molar-refractivity contribution in [2.45, 2.75) is 13.2 Å². The summed E-state index contributed by atoms with van der Waals surface area (Å²) in [6.45, 7) is -0.629. The Labute approximate surface area is 93.8 Å². The lowest BCUT2D eigenvalue weighted by Crippen LogP contribution is -2.24. The van der Waals surface area contributed by atoms with E-state index >= 15 is 0 Å². The van der Waals surface area contributed by atoms with Crippen LogP contribution < -0.4 is 10.5 Å². The smallest absolute Gasteiger partial charge is 0.387 e. The van der Waals surface area contributed by atoms with Gasteiger partial charge in [-0.25, -0.2) is 0 Å². The fourth-order valence-electron chi connectivity index (χ4n) is 1.39. The number of alkyl halides is 2. The van der Waals surface area contributed by atoms with Crippen LogP contribution in [0.3, 0.4) is 0 Å². The number of ether oxygens (including phenoxy) is 1. The van der Waals surface area contributed by atoms with Crippen molar-refractivity contribution in [2.75, 3.05) is 20.1 Å². The Bertz CT molecular complexity index is 303. The summed E-state index contributed by atoms with van der Waals surface area (Å²) in [5.74, 6) is 0.181. The van der Waals surface area contributed by atoms with Gasteiger partial charge in [0.2, 0.25) is 0 Å². The van der Waals surface area contributed by atoms with Gasteiger partial charge in [-0.05, 0) is 24.7 Å². The van der Waals surface area contributed by atoms with Gasteiger partial charge in [-0.1, -0.05) is 12.1 Å². The maximum atomic E-state index is 11.9. The van der Waals surface area contributed by atoms with E-state index in [2.05, 4.69) is 9.64 Å². The van der Waals surface area contributed by atoms with Gasteiger partial charge < -0.3 is 15.4 Å². The minimum atomic E-state index is -2.77. The predicted octanol–water partition coefficient (Wildman–Crippen LogP) is 1.68. The molecule has 1 aromatic carbocycles. The first-order chi connectivity index (χ1) is 7.61. The van der Waals surface area contributed by atoms with E-state index in [1.54, 1.807) is 12.1 Å². The Morgan fingerprint density at radius 1 is 1.31 bits per heavy atom. The number of nitrogens with two attached hydrogens (primary N) is 1. The SMILES string of the molecule is CN(CCN)Cc1ccc(OC(F)F)cc1. The number of halogens is 2. The van der Waals surface area contributed by atoms with Gasteiger partial charge in [-0.15, -0.1) is 0 Å². The zero-order chi connectivity index (χ0) is 12.0. The van der Waals surface area contributed by atoms with E-state index in [4.69, 9.17) is 5.73 Å². The summed E-state index contributed by atoms with van der Waals surface area (Å²) in [5, 5.41) is 0. The summed E-state index contributed by atoms with van der Waals surface area (Å²) in [4.78, 5) is 2.06. The maximum Gasteiger partial charge on any atom is 0.387 e. The van der Waals surface area contributed by atoms with E-state index in [9.17, 15) is 8.78 Å². The first kappa shape index (κ1) is 12.9. The molecule has 90 valence electrons. The molecule has 1 aromatic rings. The average Bonchev–Trinajstić information content (AvgIpc) is 2.20. The van der Waals surface area contributed by atoms with E-state index in [-0.39, 0.29) is 5.75 Å². The van der Waals surface area contributed by atoms with Crippen molar-refractivity contribution < 1.29 is 13.5 Å². The van der Waals surface area contributed by atoms with E-state index in [1.807, 2.05) is 7.05 Å². The second-order valence-electron chi connectivity index (χ2n) is 3.55. The summed E-state index contributed by atoms with van der Waals surface area (Å²) in [6, 6.07) is 6.62. The molecule has 0 aliphatic rings. The molecule has 0 aliphatic heterocycles. The second-order valence-corrected chi connectivity index (χ2v) is 3.55. The highest BCUT2D eigenvalue weighted by molar-refractivity contribution is 5.27. The van der Waals surface area contributed by atoms with Crippen molar-refractivity contribution in [3.05, 3.63) is 29.8 Å². The highest BCUT2D eigenvalue weighted by atomic mass is 19.3. The lowest BCUT2D eigenvalue weighted by Gasteiger charge is -2.15. The van der Waals surface area contributed by atoms with Crippen molar-refractivity contribution in [1.82, 2.24) is 4.90 Å². The third kappa shape index (κ3) is 4.55. The van der Waals surface area contributed by atoms with Crippen molar-refractivity contribution in [2.24, 2.45) is 5.73 Å². The molecule has 2 N–H and O–H groups in total. The maximum absolute atomic E-state index is 11.9. The standard InChI is InChI=1S/C11H16F2N2O/c1-15(7-6-14)8-9-2-4-10(5-3-9)16-11(12)13/h2-5,11H,6-8,14H2,1H3. The molecule has 0 aliphatic carbocycles. The zero-order valence-electron chi connectivity index (χ0n) is 9.20. The second kappa shape index (κ2) is 6.40. The third-order valence-corrected chi connectivity index (χ3v) is 2.11. The largest absolute Gasteiger partial charge is 0.435 e. The number of hydrogen-bond donors (Lipinski definition) is 1. The summed E-state index contributed by atoms with van der Waals surface area (Å²) in [6.07, 6.45) is 0. The van der Waals surface area contributed by atoms with Crippen molar-refractivity contribution in [1.29, 1.82) is 0 Å². The quantitative estimate of drug-likeness (QED) is 0.808. The molecule has 0 saturated heterocycles. The minimum absolute atomic E-state index is 0.181. The molecule has 0 saturated carbocycles. The fourth-order valence-corrected chi connectivity index (χ4v) is 1.39. The Hall–Kier alpha value is -1.20. The Kier molecular flexibility index (Phi) is 5.14. The molecular weight excluding hydrogens is 214 g/mol. The zero-order valence-corrected chi connectivity index (χ0v) is 9.20. The monoisotopic (exact) mass is 230 g/mol. The summed E-state index contributed by atoms with van der Waals surface area (Å²) < 4.78 is 28.0. The van der Waals surface area contributed by atoms with Gasteiger partial charge in [0.25, 0.3) is 0 Å². The third-order valence-electron chi connectivity index (χ3n) is 2.11. The first-order valence-corrected chi connectivity index (χ1v) is 5.04. The Balaban J connectivity index is 2.50. The van der Waals surface area contributed by atoms with Gasteiger partial charge in [0, 0.05) is 19.6 Å². The van der Waals surface area contributed by atoms with Crippen LogP contribution in [0.25, 0.3) is 0 Å². The van der Waals surface area contributed by atoms with E-state index in [0.29, 0.717) is 6.54 Å². The molecule has 0 unspecified atom stereocenters. The van der Waals surface area contributed by atoms with Gasteiger partial charge in [0.05, 0.1) is 0 Å². The van der Waals surface area contributed by atoms with Crippen LogP contribution in [0.2, 0.25) is 0 Å². The topological polar surface area (TPSA) is 38.5 Å². The van der Waals surface area contributed by atoms with Gasteiger partial charge in [0.15, 0.2) is 0 Å². The van der Waals surface area contributed by atoms with Gasteiger partial charge >= 0.3 is 6.61 Å². The number of hydrogen-bond acceptors (Lipinski definition) is 3. The van der Waals surface area contributed by atoms with E-state index < -0.39 is 6.61 Å². The summed E-state index contributed by atoms with van der Waals surface area (Å²) in [5.41, 5.74) is 6.46. The lowest BCUT2D eigenvalue weighted by molar-refractivity contribution is -0.0498. The van der Waals surface area contributed by atoms with E-state index in [0.717, 1.165) is 18.7 Å². The summed E-state index contributed by atoms with van der Waals surface area (Å²) in [7, 11) is 1.95. The van der Waals surface area contributed by atoms with Crippen LogP contribution in [0.1, 0.15) is 5.56 Å².